The molecule has 2 N–H and O–H groups in total. The minimum atomic E-state index is -4.35. The van der Waals surface area contributed by atoms with Gasteiger partial charge < -0.3 is 10.6 Å². The Bertz CT molecular complexity index is 974. The molecule has 0 fully saturated rings. The maximum Gasteiger partial charge on any atom is 0.405 e. The van der Waals surface area contributed by atoms with E-state index >= 15 is 0 Å². The lowest BCUT2D eigenvalue weighted by Crippen LogP contribution is -2.22. The first-order valence-corrected chi connectivity index (χ1v) is 10.6. The smallest absolute Gasteiger partial charge is 0.351 e. The van der Waals surface area contributed by atoms with Crippen molar-refractivity contribution in [1.29, 1.82) is 0 Å². The van der Waals surface area contributed by atoms with Crippen LogP contribution in [0.3, 0.4) is 0 Å². The summed E-state index contributed by atoms with van der Waals surface area (Å²) < 4.78 is 50.0. The van der Waals surface area contributed by atoms with Gasteiger partial charge in [0.1, 0.15) is 12.4 Å². The molecule has 0 saturated carbocycles. The molecule has 0 radical (unpaired) electrons. The van der Waals surface area contributed by atoms with Crippen molar-refractivity contribution in [2.75, 3.05) is 17.2 Å². The molecule has 1 amide bonds. The molecule has 154 valence electrons. The van der Waals surface area contributed by atoms with Crippen molar-refractivity contribution in [3.8, 4) is 11.3 Å². The number of hydrogen-bond donors (Lipinski definition) is 2. The second-order valence-corrected chi connectivity index (χ2v) is 9.06. The minimum absolute atomic E-state index is 0.0290. The standard InChI is InChI=1S/C16H13F4N5OS3/c1-8(28-15-25-24-13(29-15)21-7-16(18,19)20)12(26)23-14-22-11(6-27-14)9-2-4-10(17)5-3-9/h2-6,8H,7H2,1H3,(H,21,24)(H,22,23,26). The summed E-state index contributed by atoms with van der Waals surface area (Å²) in [5.41, 5.74) is 1.33. The highest BCUT2D eigenvalue weighted by atomic mass is 32.2. The van der Waals surface area contributed by atoms with Gasteiger partial charge in [0.15, 0.2) is 9.47 Å². The van der Waals surface area contributed by atoms with Crippen LogP contribution in [0.2, 0.25) is 0 Å². The SMILES string of the molecule is CC(Sc1nnc(NCC(F)(F)F)s1)C(=O)Nc1nc(-c2ccc(F)cc2)cs1. The number of amides is 1. The van der Waals surface area contributed by atoms with Gasteiger partial charge in [0.05, 0.1) is 10.9 Å². The van der Waals surface area contributed by atoms with E-state index in [9.17, 15) is 22.4 Å². The van der Waals surface area contributed by atoms with E-state index in [1.165, 1.54) is 23.5 Å². The van der Waals surface area contributed by atoms with Crippen LogP contribution in [0.1, 0.15) is 6.92 Å². The Balaban J connectivity index is 1.54. The Morgan fingerprint density at radius 3 is 2.62 bits per heavy atom. The molecule has 0 saturated heterocycles. The number of nitrogens with one attached hydrogen (secondary N) is 2. The van der Waals surface area contributed by atoms with Crippen molar-refractivity contribution in [2.45, 2.75) is 22.7 Å². The average molecular weight is 464 g/mol. The lowest BCUT2D eigenvalue weighted by molar-refractivity contribution is -0.116. The third-order valence-electron chi connectivity index (χ3n) is 3.37. The number of rotatable bonds is 7. The van der Waals surface area contributed by atoms with Crippen LogP contribution < -0.4 is 10.6 Å². The van der Waals surface area contributed by atoms with E-state index in [2.05, 4.69) is 25.8 Å². The first kappa shape index (κ1) is 21.5. The van der Waals surface area contributed by atoms with Gasteiger partial charge in [-0.25, -0.2) is 9.37 Å². The van der Waals surface area contributed by atoms with Crippen LogP contribution in [0.5, 0.6) is 0 Å². The molecule has 13 heteroatoms. The maximum absolute atomic E-state index is 13.0. The predicted molar refractivity (Wildman–Crippen MR) is 106 cm³/mol. The highest BCUT2D eigenvalue weighted by molar-refractivity contribution is 8.02. The van der Waals surface area contributed by atoms with Gasteiger partial charge in [-0.05, 0) is 31.2 Å². The second-order valence-electron chi connectivity index (χ2n) is 5.64. The molecule has 6 nitrogen and oxygen atoms in total. The number of hydrogen-bond acceptors (Lipinski definition) is 8. The number of thioether (sulfide) groups is 1. The summed E-state index contributed by atoms with van der Waals surface area (Å²) >= 11 is 3.24. The fraction of sp³-hybridized carbons (Fsp3) is 0.250. The fourth-order valence-electron chi connectivity index (χ4n) is 2.00. The Morgan fingerprint density at radius 2 is 1.93 bits per heavy atom. The predicted octanol–water partition coefficient (Wildman–Crippen LogP) is 4.89. The normalized spacial score (nSPS) is 12.6. The van der Waals surface area contributed by atoms with Crippen molar-refractivity contribution < 1.29 is 22.4 Å². The van der Waals surface area contributed by atoms with Crippen molar-refractivity contribution >= 4 is 50.6 Å². The lowest BCUT2D eigenvalue weighted by Gasteiger charge is -2.08. The van der Waals surface area contributed by atoms with E-state index in [0.717, 1.165) is 28.7 Å². The molecule has 0 aliphatic rings. The maximum atomic E-state index is 13.0. The first-order valence-electron chi connectivity index (χ1n) is 8.03. The zero-order valence-electron chi connectivity index (χ0n) is 14.7. The molecule has 1 atom stereocenters. The first-order chi connectivity index (χ1) is 13.7. The number of benzene rings is 1. The van der Waals surface area contributed by atoms with E-state index in [-0.39, 0.29) is 16.9 Å². The topological polar surface area (TPSA) is 79.8 Å². The van der Waals surface area contributed by atoms with Gasteiger partial charge in [-0.15, -0.1) is 21.5 Å². The van der Waals surface area contributed by atoms with E-state index in [0.29, 0.717) is 15.2 Å². The van der Waals surface area contributed by atoms with Crippen LogP contribution in [0.4, 0.5) is 27.8 Å². The molecule has 1 unspecified atom stereocenters. The van der Waals surface area contributed by atoms with Crippen LogP contribution in [0, 0.1) is 5.82 Å². The fourth-order valence-corrected chi connectivity index (χ4v) is 4.62. The third-order valence-corrected chi connectivity index (χ3v) is 6.19. The number of thiazole rings is 1. The van der Waals surface area contributed by atoms with Crippen LogP contribution >= 0.6 is 34.4 Å². The summed E-state index contributed by atoms with van der Waals surface area (Å²) in [5, 5.41) is 13.8. The number of carbonyl (C=O) groups excluding carboxylic acids is 1. The van der Waals surface area contributed by atoms with Gasteiger partial charge in [-0.1, -0.05) is 23.1 Å². The Hall–Kier alpha value is -2.25. The van der Waals surface area contributed by atoms with Gasteiger partial charge in [-0.3, -0.25) is 4.79 Å². The van der Waals surface area contributed by atoms with Gasteiger partial charge in [-0.2, -0.15) is 13.2 Å². The molecular formula is C16H13F4N5OS3. The molecule has 2 heterocycles. The van der Waals surface area contributed by atoms with Crippen LogP contribution in [-0.4, -0.2) is 39.1 Å². The molecule has 0 spiro atoms. The summed E-state index contributed by atoms with van der Waals surface area (Å²) in [5.74, 6) is -0.688. The highest BCUT2D eigenvalue weighted by Crippen LogP contribution is 2.31. The zero-order chi connectivity index (χ0) is 21.0. The zero-order valence-corrected chi connectivity index (χ0v) is 17.1. The van der Waals surface area contributed by atoms with E-state index in [1.807, 2.05) is 0 Å². The average Bonchev–Trinajstić information content (AvgIpc) is 3.29. The summed E-state index contributed by atoms with van der Waals surface area (Å²) in [6.07, 6.45) is -4.35. The molecule has 3 rings (SSSR count). The lowest BCUT2D eigenvalue weighted by atomic mass is 10.2. The largest absolute Gasteiger partial charge is 0.405 e. The monoisotopic (exact) mass is 463 g/mol. The van der Waals surface area contributed by atoms with E-state index in [4.69, 9.17) is 0 Å². The van der Waals surface area contributed by atoms with Crippen molar-refractivity contribution in [3.05, 3.63) is 35.5 Å². The van der Waals surface area contributed by atoms with Crippen LogP contribution in [0.15, 0.2) is 34.0 Å². The van der Waals surface area contributed by atoms with E-state index in [1.54, 1.807) is 24.4 Å². The molecular weight excluding hydrogens is 450 g/mol. The summed E-state index contributed by atoms with van der Waals surface area (Å²) in [7, 11) is 0. The quantitative estimate of drug-likeness (QED) is 0.384. The molecule has 0 aliphatic carbocycles. The molecule has 0 bridgehead atoms. The number of alkyl halides is 3. The molecule has 1 aromatic carbocycles. The number of nitrogens with zero attached hydrogens (tertiary/aromatic N) is 3. The number of halogens is 4. The Labute approximate surface area is 174 Å². The molecule has 29 heavy (non-hydrogen) atoms. The highest BCUT2D eigenvalue weighted by Gasteiger charge is 2.27. The van der Waals surface area contributed by atoms with Crippen molar-refractivity contribution in [3.63, 3.8) is 0 Å². The van der Waals surface area contributed by atoms with Gasteiger partial charge in [0.25, 0.3) is 0 Å². The van der Waals surface area contributed by atoms with Gasteiger partial charge in [0, 0.05) is 10.9 Å². The molecule has 3 aromatic rings. The summed E-state index contributed by atoms with van der Waals surface area (Å²) in [4.78, 5) is 16.7. The number of aromatic nitrogens is 3. The Kier molecular flexibility index (Phi) is 6.70. The number of anilines is 2. The summed E-state index contributed by atoms with van der Waals surface area (Å²) in [6.45, 7) is 0.432. The molecule has 0 aliphatic heterocycles. The second kappa shape index (κ2) is 9.05. The van der Waals surface area contributed by atoms with Gasteiger partial charge >= 0.3 is 6.18 Å². The minimum Gasteiger partial charge on any atom is -0.351 e. The van der Waals surface area contributed by atoms with Crippen molar-refractivity contribution in [1.82, 2.24) is 15.2 Å². The van der Waals surface area contributed by atoms with Crippen LogP contribution in [0.25, 0.3) is 11.3 Å². The summed E-state index contributed by atoms with van der Waals surface area (Å²) in [6, 6.07) is 5.83. The van der Waals surface area contributed by atoms with Crippen molar-refractivity contribution in [2.24, 2.45) is 0 Å². The van der Waals surface area contributed by atoms with Crippen LogP contribution in [-0.2, 0) is 4.79 Å². The number of carbonyl (C=O) groups is 1. The van der Waals surface area contributed by atoms with Gasteiger partial charge in [0.2, 0.25) is 11.0 Å². The molecule has 2 aromatic heterocycles. The Morgan fingerprint density at radius 1 is 1.21 bits per heavy atom. The van der Waals surface area contributed by atoms with E-state index < -0.39 is 18.0 Å². The third kappa shape index (κ3) is 6.37.